The molecule has 1 aromatic rings. The van der Waals surface area contributed by atoms with Crippen molar-refractivity contribution in [2.45, 2.75) is 39.0 Å². The Morgan fingerprint density at radius 2 is 1.84 bits per heavy atom. The number of carbonyl (C=O) groups excluding carboxylic acids is 1. The van der Waals surface area contributed by atoms with E-state index in [0.717, 1.165) is 32.1 Å². The summed E-state index contributed by atoms with van der Waals surface area (Å²) in [6.07, 6.45) is 7.50. The number of aromatic nitrogens is 2. The molecule has 102 valence electrons. The van der Waals surface area contributed by atoms with E-state index in [0.29, 0.717) is 0 Å². The van der Waals surface area contributed by atoms with Crippen LogP contribution in [-0.4, -0.2) is 27.0 Å². The van der Waals surface area contributed by atoms with Crippen molar-refractivity contribution in [1.82, 2.24) is 9.97 Å². The fourth-order valence-corrected chi connectivity index (χ4v) is 2.40. The summed E-state index contributed by atoms with van der Waals surface area (Å²) in [6.45, 7) is 1.91. The lowest BCUT2D eigenvalue weighted by molar-refractivity contribution is -0.126. The maximum Gasteiger partial charge on any atom is 0.358 e. The predicted molar refractivity (Wildman–Crippen MR) is 68.8 cm³/mol. The van der Waals surface area contributed by atoms with Gasteiger partial charge in [-0.15, -0.1) is 0 Å². The molecule has 0 spiro atoms. The number of aromatic carboxylic acids is 1. The molecule has 0 radical (unpaired) electrons. The van der Waals surface area contributed by atoms with Crippen LogP contribution in [0.25, 0.3) is 0 Å². The van der Waals surface area contributed by atoms with Gasteiger partial charge in [0.05, 0.1) is 0 Å². The Morgan fingerprint density at radius 1 is 1.21 bits per heavy atom. The van der Waals surface area contributed by atoms with Gasteiger partial charge >= 0.3 is 5.97 Å². The van der Waals surface area contributed by atoms with Crippen LogP contribution in [0.3, 0.4) is 0 Å². The Morgan fingerprint density at radius 3 is 2.47 bits per heavy atom. The fourth-order valence-electron chi connectivity index (χ4n) is 2.40. The van der Waals surface area contributed by atoms with Gasteiger partial charge in [-0.2, -0.15) is 0 Å². The van der Waals surface area contributed by atoms with Crippen LogP contribution < -0.4 is 5.32 Å². The minimum atomic E-state index is -1.20. The van der Waals surface area contributed by atoms with Crippen LogP contribution in [-0.2, 0) is 4.79 Å². The Labute approximate surface area is 111 Å². The topological polar surface area (TPSA) is 92.2 Å². The third kappa shape index (κ3) is 2.89. The van der Waals surface area contributed by atoms with Gasteiger partial charge < -0.3 is 10.4 Å². The zero-order chi connectivity index (χ0) is 13.9. The number of nitrogens with zero attached hydrogens (tertiary/aromatic N) is 2. The Balaban J connectivity index is 2.17. The van der Waals surface area contributed by atoms with Crippen LogP contribution in [0.1, 0.15) is 49.5 Å². The molecule has 19 heavy (non-hydrogen) atoms. The van der Waals surface area contributed by atoms with E-state index in [1.807, 2.05) is 6.92 Å². The summed E-state index contributed by atoms with van der Waals surface area (Å²) >= 11 is 0. The average molecular weight is 263 g/mol. The summed E-state index contributed by atoms with van der Waals surface area (Å²) in [7, 11) is 0. The van der Waals surface area contributed by atoms with Crippen LogP contribution in [0.5, 0.6) is 0 Å². The molecule has 0 bridgehead atoms. The summed E-state index contributed by atoms with van der Waals surface area (Å²) < 4.78 is 0. The summed E-state index contributed by atoms with van der Waals surface area (Å²) in [5.41, 5.74) is -0.666. The molecule has 1 aliphatic rings. The first kappa shape index (κ1) is 13.5. The number of nitrogens with one attached hydrogen (secondary N) is 1. The molecule has 1 amide bonds. The first-order valence-electron chi connectivity index (χ1n) is 6.39. The van der Waals surface area contributed by atoms with E-state index >= 15 is 0 Å². The van der Waals surface area contributed by atoms with Crippen LogP contribution in [0, 0.1) is 5.41 Å². The van der Waals surface area contributed by atoms with Gasteiger partial charge in [-0.25, -0.2) is 14.8 Å². The number of hydrogen-bond acceptors (Lipinski definition) is 4. The van der Waals surface area contributed by atoms with E-state index in [2.05, 4.69) is 15.3 Å². The minimum Gasteiger partial charge on any atom is -0.476 e. The number of carboxylic acid groups (broad SMARTS) is 1. The maximum atomic E-state index is 12.3. The number of carboxylic acids is 1. The molecular formula is C13H17N3O3. The number of rotatable bonds is 3. The number of amides is 1. The molecule has 6 heteroatoms. The van der Waals surface area contributed by atoms with E-state index in [-0.39, 0.29) is 17.4 Å². The SMILES string of the molecule is CC1(C(=O)Nc2nccnc2C(=O)O)CCCCC1. The van der Waals surface area contributed by atoms with E-state index in [1.54, 1.807) is 0 Å². The summed E-state index contributed by atoms with van der Waals surface area (Å²) in [5, 5.41) is 11.6. The molecule has 1 aliphatic carbocycles. The monoisotopic (exact) mass is 263 g/mol. The molecule has 2 N–H and O–H groups in total. The van der Waals surface area contributed by atoms with Gasteiger partial charge in [-0.3, -0.25) is 4.79 Å². The zero-order valence-corrected chi connectivity index (χ0v) is 10.8. The predicted octanol–water partition coefficient (Wildman–Crippen LogP) is 2.08. The standard InChI is InChI=1S/C13H17N3O3/c1-13(5-3-2-4-6-13)12(19)16-10-9(11(17)18)14-7-8-15-10/h7-8H,2-6H2,1H3,(H,17,18)(H,15,16,19). The highest BCUT2D eigenvalue weighted by Gasteiger charge is 2.35. The second kappa shape index (κ2) is 5.34. The van der Waals surface area contributed by atoms with Gasteiger partial charge in [0.15, 0.2) is 11.5 Å². The molecule has 1 saturated carbocycles. The molecule has 0 atom stereocenters. The lowest BCUT2D eigenvalue weighted by atomic mass is 9.75. The third-order valence-corrected chi connectivity index (χ3v) is 3.64. The molecule has 0 unspecified atom stereocenters. The van der Waals surface area contributed by atoms with Gasteiger partial charge in [0.2, 0.25) is 5.91 Å². The normalized spacial score (nSPS) is 17.7. The Kier molecular flexibility index (Phi) is 3.78. The van der Waals surface area contributed by atoms with Gasteiger partial charge in [-0.05, 0) is 12.8 Å². The molecule has 0 aliphatic heterocycles. The first-order valence-corrected chi connectivity index (χ1v) is 6.39. The minimum absolute atomic E-state index is 0.0202. The third-order valence-electron chi connectivity index (χ3n) is 3.64. The molecule has 1 heterocycles. The summed E-state index contributed by atoms with van der Waals surface area (Å²) in [4.78, 5) is 30.9. The lowest BCUT2D eigenvalue weighted by Gasteiger charge is -2.31. The molecule has 0 saturated heterocycles. The highest BCUT2D eigenvalue weighted by Crippen LogP contribution is 2.36. The van der Waals surface area contributed by atoms with Crippen LogP contribution >= 0.6 is 0 Å². The van der Waals surface area contributed by atoms with Crippen LogP contribution in [0.4, 0.5) is 5.82 Å². The van der Waals surface area contributed by atoms with Gasteiger partial charge in [0.1, 0.15) is 0 Å². The quantitative estimate of drug-likeness (QED) is 0.871. The second-order valence-electron chi connectivity index (χ2n) is 5.13. The molecule has 2 rings (SSSR count). The van der Waals surface area contributed by atoms with Crippen molar-refractivity contribution in [3.05, 3.63) is 18.1 Å². The molecular weight excluding hydrogens is 246 g/mol. The average Bonchev–Trinajstić information content (AvgIpc) is 2.40. The summed E-state index contributed by atoms with van der Waals surface area (Å²) in [6, 6.07) is 0. The summed E-state index contributed by atoms with van der Waals surface area (Å²) in [5.74, 6) is -1.35. The zero-order valence-electron chi connectivity index (χ0n) is 10.8. The highest BCUT2D eigenvalue weighted by molar-refractivity contribution is 5.99. The number of hydrogen-bond donors (Lipinski definition) is 2. The van der Waals surface area contributed by atoms with E-state index < -0.39 is 11.4 Å². The fraction of sp³-hybridized carbons (Fsp3) is 0.538. The van der Waals surface area contributed by atoms with Crippen molar-refractivity contribution in [1.29, 1.82) is 0 Å². The molecule has 1 aromatic heterocycles. The number of carbonyl (C=O) groups is 2. The van der Waals surface area contributed by atoms with Gasteiger partial charge in [0, 0.05) is 17.8 Å². The van der Waals surface area contributed by atoms with Crippen molar-refractivity contribution in [2.24, 2.45) is 5.41 Å². The van der Waals surface area contributed by atoms with E-state index in [4.69, 9.17) is 5.11 Å². The van der Waals surface area contributed by atoms with E-state index in [9.17, 15) is 9.59 Å². The molecule has 6 nitrogen and oxygen atoms in total. The first-order chi connectivity index (χ1) is 9.03. The lowest BCUT2D eigenvalue weighted by Crippen LogP contribution is -2.36. The number of anilines is 1. The second-order valence-corrected chi connectivity index (χ2v) is 5.13. The van der Waals surface area contributed by atoms with Crippen molar-refractivity contribution in [3.8, 4) is 0 Å². The van der Waals surface area contributed by atoms with Crippen molar-refractivity contribution < 1.29 is 14.7 Å². The largest absolute Gasteiger partial charge is 0.476 e. The maximum absolute atomic E-state index is 12.3. The van der Waals surface area contributed by atoms with Gasteiger partial charge in [-0.1, -0.05) is 26.2 Å². The van der Waals surface area contributed by atoms with Crippen molar-refractivity contribution in [2.75, 3.05) is 5.32 Å². The molecule has 0 aromatic carbocycles. The molecule has 1 fully saturated rings. The van der Waals surface area contributed by atoms with Crippen molar-refractivity contribution >= 4 is 17.7 Å². The van der Waals surface area contributed by atoms with Gasteiger partial charge in [0.25, 0.3) is 0 Å². The smallest absolute Gasteiger partial charge is 0.358 e. The Hall–Kier alpha value is -1.98. The van der Waals surface area contributed by atoms with Crippen LogP contribution in [0.15, 0.2) is 12.4 Å². The van der Waals surface area contributed by atoms with Crippen LogP contribution in [0.2, 0.25) is 0 Å². The van der Waals surface area contributed by atoms with Crippen molar-refractivity contribution in [3.63, 3.8) is 0 Å². The Bertz CT molecular complexity index is 496. The van der Waals surface area contributed by atoms with E-state index in [1.165, 1.54) is 12.4 Å². The highest BCUT2D eigenvalue weighted by atomic mass is 16.4.